The van der Waals surface area contributed by atoms with E-state index < -0.39 is 0 Å². The second-order valence-corrected chi connectivity index (χ2v) is 6.28. The summed E-state index contributed by atoms with van der Waals surface area (Å²) < 4.78 is 4.74. The molecule has 1 amide bonds. The summed E-state index contributed by atoms with van der Waals surface area (Å²) in [6.07, 6.45) is 0. The van der Waals surface area contributed by atoms with Crippen LogP contribution in [-0.4, -0.2) is 57.3 Å². The van der Waals surface area contributed by atoms with Gasteiger partial charge in [0.2, 0.25) is 17.2 Å². The standard InChI is InChI=1S/C17H19N7O2/c1-11-17(25)23(2)8-9-24(11)16-15(18-10-12-6-4-3-5-7-12)19-13-14(20-16)22-26-21-13/h3-7,11H,8-10H2,1-2H3,(H,18,19,21)/t11-/m0/s1. The van der Waals surface area contributed by atoms with Crippen molar-refractivity contribution in [1.82, 2.24) is 25.2 Å². The average molecular weight is 353 g/mol. The Balaban J connectivity index is 1.69. The second-order valence-electron chi connectivity index (χ2n) is 6.28. The number of anilines is 2. The molecule has 26 heavy (non-hydrogen) atoms. The summed E-state index contributed by atoms with van der Waals surface area (Å²) in [6.45, 7) is 3.73. The molecule has 1 N–H and O–H groups in total. The Hall–Kier alpha value is -3.23. The monoisotopic (exact) mass is 353 g/mol. The minimum atomic E-state index is -0.336. The Morgan fingerprint density at radius 3 is 2.65 bits per heavy atom. The van der Waals surface area contributed by atoms with E-state index in [1.54, 1.807) is 11.9 Å². The lowest BCUT2D eigenvalue weighted by atomic mass is 10.2. The van der Waals surface area contributed by atoms with Gasteiger partial charge in [-0.25, -0.2) is 14.6 Å². The van der Waals surface area contributed by atoms with E-state index >= 15 is 0 Å². The number of likely N-dealkylation sites (N-methyl/N-ethyl adjacent to an activating group) is 1. The lowest BCUT2D eigenvalue weighted by Gasteiger charge is -2.38. The summed E-state index contributed by atoms with van der Waals surface area (Å²) in [6, 6.07) is 9.65. The normalized spacial score (nSPS) is 17.8. The fourth-order valence-corrected chi connectivity index (χ4v) is 3.03. The average Bonchev–Trinajstić information content (AvgIpc) is 3.12. The summed E-state index contributed by atoms with van der Waals surface area (Å²) in [7, 11) is 1.81. The molecule has 3 aromatic rings. The molecule has 1 saturated heterocycles. The molecule has 0 radical (unpaired) electrons. The number of carbonyl (C=O) groups is 1. The number of amides is 1. The van der Waals surface area contributed by atoms with Gasteiger partial charge >= 0.3 is 0 Å². The van der Waals surface area contributed by atoms with E-state index in [1.807, 2.05) is 42.2 Å². The highest BCUT2D eigenvalue weighted by Gasteiger charge is 2.32. The first-order valence-corrected chi connectivity index (χ1v) is 8.43. The number of benzene rings is 1. The van der Waals surface area contributed by atoms with Gasteiger partial charge in [-0.3, -0.25) is 4.79 Å². The van der Waals surface area contributed by atoms with Gasteiger partial charge in [-0.05, 0) is 22.8 Å². The van der Waals surface area contributed by atoms with Crippen LogP contribution in [0.2, 0.25) is 0 Å². The van der Waals surface area contributed by atoms with Crippen LogP contribution in [0.5, 0.6) is 0 Å². The van der Waals surface area contributed by atoms with Crippen molar-refractivity contribution in [2.45, 2.75) is 19.5 Å². The predicted molar refractivity (Wildman–Crippen MR) is 95.6 cm³/mol. The molecule has 0 bridgehead atoms. The van der Waals surface area contributed by atoms with Crippen LogP contribution in [0.15, 0.2) is 35.0 Å². The van der Waals surface area contributed by atoms with Crippen molar-refractivity contribution >= 4 is 28.8 Å². The Bertz CT molecular complexity index is 927. The molecule has 1 aliphatic rings. The van der Waals surface area contributed by atoms with Gasteiger partial charge in [0.1, 0.15) is 6.04 Å². The van der Waals surface area contributed by atoms with Gasteiger partial charge in [-0.15, -0.1) is 0 Å². The zero-order valence-electron chi connectivity index (χ0n) is 14.6. The lowest BCUT2D eigenvalue weighted by Crippen LogP contribution is -2.55. The van der Waals surface area contributed by atoms with Crippen molar-refractivity contribution in [1.29, 1.82) is 0 Å². The highest BCUT2D eigenvalue weighted by Crippen LogP contribution is 2.27. The Morgan fingerprint density at radius 1 is 1.15 bits per heavy atom. The maximum absolute atomic E-state index is 12.4. The van der Waals surface area contributed by atoms with E-state index in [4.69, 9.17) is 4.63 Å². The Kier molecular flexibility index (Phi) is 4.11. The van der Waals surface area contributed by atoms with Crippen LogP contribution >= 0.6 is 0 Å². The maximum Gasteiger partial charge on any atom is 0.245 e. The SMILES string of the molecule is C[C@H]1C(=O)N(C)CCN1c1nc2nonc2nc1NCc1ccccc1. The van der Waals surface area contributed by atoms with Crippen LogP contribution in [-0.2, 0) is 11.3 Å². The number of piperazine rings is 1. The molecule has 0 aliphatic carbocycles. The zero-order valence-corrected chi connectivity index (χ0v) is 14.6. The molecule has 1 atom stereocenters. The first-order valence-electron chi connectivity index (χ1n) is 8.43. The first-order chi connectivity index (χ1) is 12.6. The Labute approximate surface area is 150 Å². The molecule has 9 heteroatoms. The van der Waals surface area contributed by atoms with E-state index in [9.17, 15) is 4.79 Å². The van der Waals surface area contributed by atoms with E-state index in [0.717, 1.165) is 5.56 Å². The number of aromatic nitrogens is 4. The molecular formula is C17H19N7O2. The van der Waals surface area contributed by atoms with Gasteiger partial charge in [-0.2, -0.15) is 0 Å². The highest BCUT2D eigenvalue weighted by atomic mass is 16.6. The van der Waals surface area contributed by atoms with E-state index in [0.29, 0.717) is 42.6 Å². The van der Waals surface area contributed by atoms with Gasteiger partial charge in [-0.1, -0.05) is 30.3 Å². The maximum atomic E-state index is 12.4. The van der Waals surface area contributed by atoms with Crippen molar-refractivity contribution in [3.05, 3.63) is 35.9 Å². The second kappa shape index (κ2) is 6.58. The summed E-state index contributed by atoms with van der Waals surface area (Å²) >= 11 is 0. The number of nitrogens with zero attached hydrogens (tertiary/aromatic N) is 6. The molecule has 0 spiro atoms. The summed E-state index contributed by atoms with van der Waals surface area (Å²) in [5.41, 5.74) is 1.77. The van der Waals surface area contributed by atoms with Crippen LogP contribution < -0.4 is 10.2 Å². The summed E-state index contributed by atoms with van der Waals surface area (Å²) in [5, 5.41) is 10.9. The van der Waals surface area contributed by atoms with Crippen LogP contribution in [0.3, 0.4) is 0 Å². The predicted octanol–water partition coefficient (Wildman–Crippen LogP) is 1.29. The highest BCUT2D eigenvalue weighted by molar-refractivity contribution is 5.87. The molecule has 4 rings (SSSR count). The summed E-state index contributed by atoms with van der Waals surface area (Å²) in [5.74, 6) is 1.18. The quantitative estimate of drug-likeness (QED) is 0.749. The molecular weight excluding hydrogens is 334 g/mol. The van der Waals surface area contributed by atoms with Crippen molar-refractivity contribution in [3.8, 4) is 0 Å². The fraction of sp³-hybridized carbons (Fsp3) is 0.353. The van der Waals surface area contributed by atoms with Gasteiger partial charge in [0.25, 0.3) is 0 Å². The first kappa shape index (κ1) is 16.2. The number of hydrogen-bond donors (Lipinski definition) is 1. The topological polar surface area (TPSA) is 100 Å². The minimum Gasteiger partial charge on any atom is -0.363 e. The number of fused-ring (bicyclic) bond motifs is 1. The van der Waals surface area contributed by atoms with Crippen molar-refractivity contribution in [2.24, 2.45) is 0 Å². The summed E-state index contributed by atoms with van der Waals surface area (Å²) in [4.78, 5) is 25.1. The van der Waals surface area contributed by atoms with Crippen molar-refractivity contribution < 1.29 is 9.42 Å². The lowest BCUT2D eigenvalue weighted by molar-refractivity contribution is -0.132. The zero-order chi connectivity index (χ0) is 18.1. The van der Waals surface area contributed by atoms with Crippen LogP contribution in [0.1, 0.15) is 12.5 Å². The molecule has 1 aromatic carbocycles. The third kappa shape index (κ3) is 2.92. The van der Waals surface area contributed by atoms with Gasteiger partial charge in [0.15, 0.2) is 11.6 Å². The number of rotatable bonds is 4. The molecule has 0 saturated carbocycles. The molecule has 1 fully saturated rings. The number of hydrogen-bond acceptors (Lipinski definition) is 8. The molecule has 3 heterocycles. The molecule has 2 aromatic heterocycles. The third-order valence-electron chi connectivity index (χ3n) is 4.55. The third-order valence-corrected chi connectivity index (χ3v) is 4.55. The molecule has 0 unspecified atom stereocenters. The van der Waals surface area contributed by atoms with E-state index in [1.165, 1.54) is 0 Å². The van der Waals surface area contributed by atoms with E-state index in [2.05, 4.69) is 25.6 Å². The molecule has 134 valence electrons. The van der Waals surface area contributed by atoms with Crippen LogP contribution in [0.4, 0.5) is 11.6 Å². The number of nitrogens with one attached hydrogen (secondary N) is 1. The molecule has 9 nitrogen and oxygen atoms in total. The number of carbonyl (C=O) groups excluding carboxylic acids is 1. The van der Waals surface area contributed by atoms with Gasteiger partial charge < -0.3 is 15.1 Å². The van der Waals surface area contributed by atoms with Crippen molar-refractivity contribution in [2.75, 3.05) is 30.4 Å². The fourth-order valence-electron chi connectivity index (χ4n) is 3.03. The van der Waals surface area contributed by atoms with Crippen LogP contribution in [0, 0.1) is 0 Å². The Morgan fingerprint density at radius 2 is 1.88 bits per heavy atom. The van der Waals surface area contributed by atoms with Gasteiger partial charge in [0.05, 0.1) is 0 Å². The van der Waals surface area contributed by atoms with Crippen LogP contribution in [0.25, 0.3) is 11.3 Å². The van der Waals surface area contributed by atoms with E-state index in [-0.39, 0.29) is 11.9 Å². The molecule has 1 aliphatic heterocycles. The minimum absolute atomic E-state index is 0.0467. The van der Waals surface area contributed by atoms with Gasteiger partial charge in [0, 0.05) is 26.7 Å². The largest absolute Gasteiger partial charge is 0.363 e. The van der Waals surface area contributed by atoms with Crippen molar-refractivity contribution in [3.63, 3.8) is 0 Å². The smallest absolute Gasteiger partial charge is 0.245 e.